The molecule has 1 aromatic heterocycles. The van der Waals surface area contributed by atoms with Crippen LogP contribution >= 0.6 is 0 Å². The van der Waals surface area contributed by atoms with Crippen molar-refractivity contribution in [1.82, 2.24) is 4.90 Å². The highest BCUT2D eigenvalue weighted by molar-refractivity contribution is 5.91. The Kier molecular flexibility index (Phi) is 4.13. The number of ether oxygens (including phenoxy) is 1. The second-order valence-electron chi connectivity index (χ2n) is 5.68. The van der Waals surface area contributed by atoms with Crippen molar-refractivity contribution in [1.29, 1.82) is 0 Å². The fourth-order valence-corrected chi connectivity index (χ4v) is 2.67. The van der Waals surface area contributed by atoms with Crippen molar-refractivity contribution < 1.29 is 18.3 Å². The van der Waals surface area contributed by atoms with Gasteiger partial charge in [-0.1, -0.05) is 13.0 Å². The molecule has 0 saturated carbocycles. The number of rotatable bonds is 3. The molecule has 5 heteroatoms. The summed E-state index contributed by atoms with van der Waals surface area (Å²) in [4.78, 5) is 14.2. The molecule has 2 aromatic rings. The summed E-state index contributed by atoms with van der Waals surface area (Å²) in [6, 6.07) is 8.94. The molecule has 116 valence electrons. The largest absolute Gasteiger partial charge is 0.426 e. The van der Waals surface area contributed by atoms with E-state index in [0.29, 0.717) is 11.7 Å². The second kappa shape index (κ2) is 6.22. The van der Waals surface area contributed by atoms with E-state index < -0.39 is 0 Å². The number of halogens is 1. The van der Waals surface area contributed by atoms with Crippen LogP contribution in [0.5, 0.6) is 11.7 Å². The summed E-state index contributed by atoms with van der Waals surface area (Å²) in [5, 5.41) is 0. The molecule has 2 heterocycles. The number of likely N-dealkylation sites (tertiary alicyclic amines) is 1. The molecular formula is C17H18FNO3. The predicted octanol–water partition coefficient (Wildman–Crippen LogP) is 4.08. The van der Waals surface area contributed by atoms with Crippen LogP contribution in [0.1, 0.15) is 30.3 Å². The highest BCUT2D eigenvalue weighted by Gasteiger charge is 2.24. The average Bonchev–Trinajstić information content (AvgIpc) is 2.95. The van der Waals surface area contributed by atoms with Gasteiger partial charge in [-0.2, -0.15) is 0 Å². The number of nitrogens with zero attached hydrogens (tertiary/aromatic N) is 1. The summed E-state index contributed by atoms with van der Waals surface area (Å²) in [6.45, 7) is 3.64. The first-order valence-electron chi connectivity index (χ1n) is 7.44. The van der Waals surface area contributed by atoms with Crippen LogP contribution < -0.4 is 4.74 Å². The number of furan rings is 1. The first-order chi connectivity index (χ1) is 10.6. The maximum Gasteiger partial charge on any atom is 0.290 e. The summed E-state index contributed by atoms with van der Waals surface area (Å²) in [7, 11) is 0. The van der Waals surface area contributed by atoms with Crippen LogP contribution in [-0.4, -0.2) is 23.9 Å². The first-order valence-corrected chi connectivity index (χ1v) is 7.44. The molecule has 22 heavy (non-hydrogen) atoms. The third-order valence-electron chi connectivity index (χ3n) is 3.75. The maximum atomic E-state index is 13.1. The summed E-state index contributed by atoms with van der Waals surface area (Å²) in [5.41, 5.74) is 0. The SMILES string of the molecule is C[C@H]1CCCN(C(=O)c2ccc(Oc3cccc(F)c3)o2)C1. The van der Waals surface area contributed by atoms with Gasteiger partial charge in [0.2, 0.25) is 0 Å². The molecule has 1 amide bonds. The Morgan fingerprint density at radius 2 is 2.23 bits per heavy atom. The third kappa shape index (κ3) is 3.30. The number of carbonyl (C=O) groups is 1. The van der Waals surface area contributed by atoms with Gasteiger partial charge in [0.15, 0.2) is 5.76 Å². The van der Waals surface area contributed by atoms with Gasteiger partial charge in [0.05, 0.1) is 0 Å². The van der Waals surface area contributed by atoms with Crippen LogP contribution in [0.25, 0.3) is 0 Å². The zero-order valence-corrected chi connectivity index (χ0v) is 12.4. The molecule has 0 aliphatic carbocycles. The number of amides is 1. The molecule has 1 saturated heterocycles. The van der Waals surface area contributed by atoms with Crippen LogP contribution in [0.4, 0.5) is 4.39 Å². The van der Waals surface area contributed by atoms with Crippen molar-refractivity contribution in [3.63, 3.8) is 0 Å². The van der Waals surface area contributed by atoms with Gasteiger partial charge in [-0.15, -0.1) is 0 Å². The zero-order valence-electron chi connectivity index (χ0n) is 12.4. The first kappa shape index (κ1) is 14.6. The maximum absolute atomic E-state index is 13.1. The molecule has 0 N–H and O–H groups in total. The van der Waals surface area contributed by atoms with E-state index in [2.05, 4.69) is 6.92 Å². The molecule has 0 radical (unpaired) electrons. The van der Waals surface area contributed by atoms with Crippen molar-refractivity contribution in [3.8, 4) is 11.7 Å². The third-order valence-corrected chi connectivity index (χ3v) is 3.75. The fraction of sp³-hybridized carbons (Fsp3) is 0.353. The van der Waals surface area contributed by atoms with Gasteiger partial charge in [-0.05, 0) is 37.0 Å². The lowest BCUT2D eigenvalue weighted by Crippen LogP contribution is -2.38. The van der Waals surface area contributed by atoms with Gasteiger partial charge >= 0.3 is 0 Å². The smallest absolute Gasteiger partial charge is 0.290 e. The van der Waals surface area contributed by atoms with E-state index in [4.69, 9.17) is 9.15 Å². The van der Waals surface area contributed by atoms with E-state index >= 15 is 0 Å². The fourth-order valence-electron chi connectivity index (χ4n) is 2.67. The van der Waals surface area contributed by atoms with Crippen LogP contribution in [0.2, 0.25) is 0 Å². The van der Waals surface area contributed by atoms with Crippen LogP contribution in [0, 0.1) is 11.7 Å². The van der Waals surface area contributed by atoms with Gasteiger partial charge in [0.1, 0.15) is 11.6 Å². The van der Waals surface area contributed by atoms with E-state index in [1.54, 1.807) is 29.2 Å². The topological polar surface area (TPSA) is 42.7 Å². The number of benzene rings is 1. The number of hydrogen-bond acceptors (Lipinski definition) is 3. The minimum Gasteiger partial charge on any atom is -0.426 e. The lowest BCUT2D eigenvalue weighted by Gasteiger charge is -2.30. The summed E-state index contributed by atoms with van der Waals surface area (Å²) < 4.78 is 24.0. The Labute approximate surface area is 128 Å². The monoisotopic (exact) mass is 303 g/mol. The second-order valence-corrected chi connectivity index (χ2v) is 5.68. The van der Waals surface area contributed by atoms with Crippen molar-refractivity contribution in [3.05, 3.63) is 48.0 Å². The molecule has 1 aromatic carbocycles. The Morgan fingerprint density at radius 1 is 1.36 bits per heavy atom. The van der Waals surface area contributed by atoms with E-state index in [-0.39, 0.29) is 23.4 Å². The molecule has 0 bridgehead atoms. The van der Waals surface area contributed by atoms with Crippen molar-refractivity contribution in [2.24, 2.45) is 5.92 Å². The molecule has 1 atom stereocenters. The average molecular weight is 303 g/mol. The number of carbonyl (C=O) groups excluding carboxylic acids is 1. The standard InChI is InChI=1S/C17H18FNO3/c1-12-4-3-9-19(11-12)17(20)15-7-8-16(22-15)21-14-6-2-5-13(18)10-14/h2,5-8,10,12H,3-4,9,11H2,1H3/t12-/m0/s1. The lowest BCUT2D eigenvalue weighted by molar-refractivity contribution is 0.0646. The van der Waals surface area contributed by atoms with Crippen molar-refractivity contribution >= 4 is 5.91 Å². The Balaban J connectivity index is 1.69. The summed E-state index contributed by atoms with van der Waals surface area (Å²) in [6.07, 6.45) is 2.16. The van der Waals surface area contributed by atoms with Gasteiger partial charge < -0.3 is 14.1 Å². The minimum atomic E-state index is -0.386. The van der Waals surface area contributed by atoms with Crippen LogP contribution in [0.15, 0.2) is 40.8 Å². The molecule has 1 aliphatic rings. The predicted molar refractivity (Wildman–Crippen MR) is 79.5 cm³/mol. The van der Waals surface area contributed by atoms with E-state index in [0.717, 1.165) is 25.9 Å². The van der Waals surface area contributed by atoms with Crippen molar-refractivity contribution in [2.75, 3.05) is 13.1 Å². The van der Waals surface area contributed by atoms with E-state index in [1.807, 2.05) is 0 Å². The van der Waals surface area contributed by atoms with Gasteiger partial charge in [-0.25, -0.2) is 4.39 Å². The molecule has 0 unspecified atom stereocenters. The Bertz CT molecular complexity index is 667. The van der Waals surface area contributed by atoms with Crippen LogP contribution in [0.3, 0.4) is 0 Å². The number of hydrogen-bond donors (Lipinski definition) is 0. The zero-order chi connectivity index (χ0) is 15.5. The highest BCUT2D eigenvalue weighted by atomic mass is 19.1. The summed E-state index contributed by atoms with van der Waals surface area (Å²) in [5.74, 6) is 0.762. The summed E-state index contributed by atoms with van der Waals surface area (Å²) >= 11 is 0. The molecule has 3 rings (SSSR count). The van der Waals surface area contributed by atoms with E-state index in [1.165, 1.54) is 12.1 Å². The van der Waals surface area contributed by atoms with Gasteiger partial charge in [0.25, 0.3) is 11.9 Å². The van der Waals surface area contributed by atoms with Crippen LogP contribution in [-0.2, 0) is 0 Å². The normalized spacial score (nSPS) is 18.3. The van der Waals surface area contributed by atoms with Crippen molar-refractivity contribution in [2.45, 2.75) is 19.8 Å². The minimum absolute atomic E-state index is 0.124. The lowest BCUT2D eigenvalue weighted by atomic mass is 10.0. The molecular weight excluding hydrogens is 285 g/mol. The number of piperidine rings is 1. The Morgan fingerprint density at radius 3 is 3.00 bits per heavy atom. The quantitative estimate of drug-likeness (QED) is 0.858. The van der Waals surface area contributed by atoms with Gasteiger partial charge in [-0.3, -0.25) is 4.79 Å². The molecule has 1 aliphatic heterocycles. The molecule has 4 nitrogen and oxygen atoms in total. The van der Waals surface area contributed by atoms with Gasteiger partial charge in [0, 0.05) is 25.2 Å². The molecule has 0 spiro atoms. The van der Waals surface area contributed by atoms with E-state index in [9.17, 15) is 9.18 Å². The Hall–Kier alpha value is -2.30. The molecule has 1 fully saturated rings. The highest BCUT2D eigenvalue weighted by Crippen LogP contribution is 2.26.